The Kier molecular flexibility index (Phi) is 6.32. The van der Waals surface area contributed by atoms with Crippen molar-refractivity contribution in [1.82, 2.24) is 15.5 Å². The van der Waals surface area contributed by atoms with E-state index in [2.05, 4.69) is 52.8 Å². The molecule has 1 aromatic carbocycles. The predicted octanol–water partition coefficient (Wildman–Crippen LogP) is 2.36. The molecule has 2 amide bonds. The van der Waals surface area contributed by atoms with E-state index in [1.54, 1.807) is 0 Å². The van der Waals surface area contributed by atoms with Crippen LogP contribution in [0.4, 0.5) is 4.79 Å². The summed E-state index contributed by atoms with van der Waals surface area (Å²) in [5, 5.41) is 15.5. The van der Waals surface area contributed by atoms with Crippen LogP contribution in [0.1, 0.15) is 38.2 Å². The highest BCUT2D eigenvalue weighted by atomic mass is 16.3. The highest BCUT2D eigenvalue weighted by molar-refractivity contribution is 5.73. The molecule has 138 valence electrons. The molecular weight excluding hydrogens is 314 g/mol. The molecule has 3 N–H and O–H groups in total. The molecule has 1 saturated carbocycles. The van der Waals surface area contributed by atoms with Crippen molar-refractivity contribution >= 4 is 6.03 Å². The number of hydrogen-bond acceptors (Lipinski definition) is 3. The lowest BCUT2D eigenvalue weighted by Gasteiger charge is -2.21. The molecule has 4 unspecified atom stereocenters. The zero-order valence-corrected chi connectivity index (χ0v) is 15.2. The van der Waals surface area contributed by atoms with E-state index in [0.29, 0.717) is 24.4 Å². The summed E-state index contributed by atoms with van der Waals surface area (Å²) in [4.78, 5) is 14.5. The van der Waals surface area contributed by atoms with E-state index in [1.165, 1.54) is 5.56 Å². The number of urea groups is 1. The van der Waals surface area contributed by atoms with E-state index in [1.807, 2.05) is 0 Å². The second-order valence-electron chi connectivity index (χ2n) is 7.79. The first kappa shape index (κ1) is 18.2. The van der Waals surface area contributed by atoms with Gasteiger partial charge < -0.3 is 15.7 Å². The fourth-order valence-electron chi connectivity index (χ4n) is 4.17. The first-order valence-corrected chi connectivity index (χ1v) is 9.58. The first-order chi connectivity index (χ1) is 12.1. The van der Waals surface area contributed by atoms with Crippen LogP contribution >= 0.6 is 0 Å². The summed E-state index contributed by atoms with van der Waals surface area (Å²) in [7, 11) is 0. The Hall–Kier alpha value is -1.59. The summed E-state index contributed by atoms with van der Waals surface area (Å²) in [6, 6.07) is 11.0. The molecular formula is C20H31N3O2. The Morgan fingerprint density at radius 1 is 1.12 bits per heavy atom. The van der Waals surface area contributed by atoms with Crippen LogP contribution in [0.15, 0.2) is 30.3 Å². The van der Waals surface area contributed by atoms with Crippen molar-refractivity contribution in [3.8, 4) is 0 Å². The number of aliphatic hydroxyl groups excluding tert-OH is 1. The van der Waals surface area contributed by atoms with Crippen molar-refractivity contribution in [1.29, 1.82) is 0 Å². The minimum Gasteiger partial charge on any atom is -0.393 e. The van der Waals surface area contributed by atoms with Gasteiger partial charge >= 0.3 is 6.03 Å². The van der Waals surface area contributed by atoms with E-state index in [0.717, 1.165) is 45.3 Å². The van der Waals surface area contributed by atoms with Gasteiger partial charge in [-0.2, -0.15) is 0 Å². The van der Waals surface area contributed by atoms with E-state index in [4.69, 9.17) is 0 Å². The predicted molar refractivity (Wildman–Crippen MR) is 99.2 cm³/mol. The fraction of sp³-hybridized carbons (Fsp3) is 0.650. The number of likely N-dealkylation sites (tertiary alicyclic amines) is 1. The van der Waals surface area contributed by atoms with Gasteiger partial charge in [0, 0.05) is 32.2 Å². The molecule has 4 atom stereocenters. The third-order valence-electron chi connectivity index (χ3n) is 5.64. The lowest BCUT2D eigenvalue weighted by molar-refractivity contribution is 0.177. The average Bonchev–Trinajstić information content (AvgIpc) is 3.18. The summed E-state index contributed by atoms with van der Waals surface area (Å²) < 4.78 is 0. The molecule has 1 heterocycles. The third kappa shape index (κ3) is 5.44. The smallest absolute Gasteiger partial charge is 0.314 e. The van der Waals surface area contributed by atoms with Gasteiger partial charge in [0.25, 0.3) is 0 Å². The van der Waals surface area contributed by atoms with Gasteiger partial charge in [0.1, 0.15) is 0 Å². The second kappa shape index (κ2) is 8.68. The number of nitrogens with zero attached hydrogens (tertiary/aromatic N) is 1. The van der Waals surface area contributed by atoms with E-state index < -0.39 is 0 Å². The average molecular weight is 345 g/mol. The lowest BCUT2D eigenvalue weighted by Crippen LogP contribution is -2.40. The Morgan fingerprint density at radius 3 is 2.52 bits per heavy atom. The molecule has 5 heteroatoms. The number of aliphatic hydroxyl groups is 1. The molecule has 25 heavy (non-hydrogen) atoms. The Balaban J connectivity index is 1.35. The maximum atomic E-state index is 12.0. The highest BCUT2D eigenvalue weighted by Gasteiger charge is 2.29. The van der Waals surface area contributed by atoms with Gasteiger partial charge in [-0.15, -0.1) is 0 Å². The minimum atomic E-state index is -0.176. The quantitative estimate of drug-likeness (QED) is 0.742. The number of carbonyl (C=O) groups is 1. The number of amides is 2. The summed E-state index contributed by atoms with van der Waals surface area (Å²) in [5.41, 5.74) is 1.35. The van der Waals surface area contributed by atoms with Crippen LogP contribution in [0.25, 0.3) is 0 Å². The largest absolute Gasteiger partial charge is 0.393 e. The summed E-state index contributed by atoms with van der Waals surface area (Å²) in [6.07, 6.45) is 3.64. The molecule has 2 fully saturated rings. The number of hydrogen-bond donors (Lipinski definition) is 3. The summed E-state index contributed by atoms with van der Waals surface area (Å²) >= 11 is 0. The lowest BCUT2D eigenvalue weighted by atomic mass is 10.1. The maximum absolute atomic E-state index is 12.0. The normalized spacial score (nSPS) is 29.7. The van der Waals surface area contributed by atoms with Crippen LogP contribution in [0.2, 0.25) is 0 Å². The van der Waals surface area contributed by atoms with Crippen LogP contribution in [-0.4, -0.2) is 47.8 Å². The van der Waals surface area contributed by atoms with Crippen molar-refractivity contribution in [2.24, 2.45) is 11.8 Å². The topological polar surface area (TPSA) is 64.6 Å². The number of benzene rings is 1. The van der Waals surface area contributed by atoms with Gasteiger partial charge in [0.2, 0.25) is 0 Å². The number of carbonyl (C=O) groups excluding carboxylic acids is 1. The molecule has 0 radical (unpaired) electrons. The second-order valence-corrected chi connectivity index (χ2v) is 7.79. The van der Waals surface area contributed by atoms with E-state index >= 15 is 0 Å². The monoisotopic (exact) mass is 345 g/mol. The van der Waals surface area contributed by atoms with Crippen molar-refractivity contribution in [3.63, 3.8) is 0 Å². The van der Waals surface area contributed by atoms with Crippen LogP contribution in [-0.2, 0) is 6.54 Å². The van der Waals surface area contributed by atoms with Crippen LogP contribution in [0.3, 0.4) is 0 Å². The van der Waals surface area contributed by atoms with Crippen molar-refractivity contribution in [3.05, 3.63) is 35.9 Å². The van der Waals surface area contributed by atoms with Gasteiger partial charge in [-0.3, -0.25) is 4.90 Å². The minimum absolute atomic E-state index is 0.0736. The summed E-state index contributed by atoms with van der Waals surface area (Å²) in [5.74, 6) is 0.936. The molecule has 1 aliphatic carbocycles. The Labute approximate surface area is 150 Å². The molecule has 2 aliphatic rings. The maximum Gasteiger partial charge on any atom is 0.314 e. The van der Waals surface area contributed by atoms with Crippen molar-refractivity contribution < 1.29 is 9.90 Å². The molecule has 0 aromatic heterocycles. The zero-order chi connectivity index (χ0) is 17.6. The molecule has 0 bridgehead atoms. The van der Waals surface area contributed by atoms with Gasteiger partial charge in [-0.05, 0) is 50.0 Å². The van der Waals surface area contributed by atoms with Gasteiger partial charge in [0.05, 0.1) is 6.10 Å². The van der Waals surface area contributed by atoms with Crippen molar-refractivity contribution in [2.45, 2.75) is 51.3 Å². The molecule has 0 spiro atoms. The van der Waals surface area contributed by atoms with Crippen molar-refractivity contribution in [2.75, 3.05) is 19.6 Å². The molecule has 3 rings (SSSR count). The van der Waals surface area contributed by atoms with Crippen LogP contribution in [0, 0.1) is 11.8 Å². The molecule has 5 nitrogen and oxygen atoms in total. The molecule has 1 aliphatic heterocycles. The SMILES string of the molecule is CC1CC(CNC(=O)NCC2CCC(O)C2)CN1Cc1ccccc1. The highest BCUT2D eigenvalue weighted by Crippen LogP contribution is 2.25. The number of nitrogens with one attached hydrogen (secondary N) is 2. The molecule has 1 aromatic rings. The number of rotatable bonds is 6. The van der Waals surface area contributed by atoms with Gasteiger partial charge in [0.15, 0.2) is 0 Å². The first-order valence-electron chi connectivity index (χ1n) is 9.58. The zero-order valence-electron chi connectivity index (χ0n) is 15.2. The van der Waals surface area contributed by atoms with E-state index in [9.17, 15) is 9.90 Å². The van der Waals surface area contributed by atoms with Gasteiger partial charge in [-0.1, -0.05) is 30.3 Å². The third-order valence-corrected chi connectivity index (χ3v) is 5.64. The fourth-order valence-corrected chi connectivity index (χ4v) is 4.17. The Morgan fingerprint density at radius 2 is 1.84 bits per heavy atom. The van der Waals surface area contributed by atoms with E-state index in [-0.39, 0.29) is 12.1 Å². The van der Waals surface area contributed by atoms with Gasteiger partial charge in [-0.25, -0.2) is 4.79 Å². The van der Waals surface area contributed by atoms with Crippen LogP contribution < -0.4 is 10.6 Å². The Bertz CT molecular complexity index is 551. The summed E-state index contributed by atoms with van der Waals surface area (Å²) in [6.45, 7) is 5.69. The standard InChI is InChI=1S/C20H31N3O2/c1-15-9-18(14-23(15)13-16-5-3-2-4-6-16)12-22-20(25)21-11-17-7-8-19(24)10-17/h2-6,15,17-19,24H,7-14H2,1H3,(H2,21,22,25). The molecule has 1 saturated heterocycles. The van der Waals surface area contributed by atoms with Crippen LogP contribution in [0.5, 0.6) is 0 Å².